The molecule has 0 unspecified atom stereocenters. The molecule has 2 heteroatoms. The largest absolute Gasteiger partial charge is 0.349 e. The third kappa shape index (κ3) is 1.27. The Morgan fingerprint density at radius 1 is 1.47 bits per heavy atom. The molecule has 2 rings (SSSR count). The highest BCUT2D eigenvalue weighted by atomic mass is 16.1. The van der Waals surface area contributed by atoms with Gasteiger partial charge in [0.15, 0.2) is 0 Å². The van der Waals surface area contributed by atoms with Crippen LogP contribution in [0.15, 0.2) is 12.7 Å². The first-order valence-electron chi connectivity index (χ1n) is 5.85. The number of amides is 1. The van der Waals surface area contributed by atoms with E-state index in [0.717, 1.165) is 12.3 Å². The summed E-state index contributed by atoms with van der Waals surface area (Å²) in [5.41, 5.74) is 0.641. The predicted molar refractivity (Wildman–Crippen MR) is 61.4 cm³/mol. The SMILES string of the molecule is C=CC(=O)N[C@@H]1C[C@H]2CC[C@]1(C)C2(C)C. The second-order valence-corrected chi connectivity index (χ2v) is 5.88. The molecule has 2 bridgehead atoms. The molecule has 84 valence electrons. The third-order valence-corrected chi connectivity index (χ3v) is 5.30. The Morgan fingerprint density at radius 2 is 2.13 bits per heavy atom. The highest BCUT2D eigenvalue weighted by Crippen LogP contribution is 2.65. The zero-order valence-corrected chi connectivity index (χ0v) is 9.97. The first-order valence-corrected chi connectivity index (χ1v) is 5.85. The molecule has 0 heterocycles. The zero-order valence-electron chi connectivity index (χ0n) is 9.97. The maximum absolute atomic E-state index is 11.4. The van der Waals surface area contributed by atoms with Crippen molar-refractivity contribution in [3.05, 3.63) is 12.7 Å². The van der Waals surface area contributed by atoms with E-state index in [1.807, 2.05) is 0 Å². The van der Waals surface area contributed by atoms with Crippen LogP contribution in [-0.4, -0.2) is 11.9 Å². The molecular formula is C13H21NO. The van der Waals surface area contributed by atoms with Crippen LogP contribution in [0.5, 0.6) is 0 Å². The van der Waals surface area contributed by atoms with E-state index in [-0.39, 0.29) is 11.3 Å². The summed E-state index contributed by atoms with van der Waals surface area (Å²) in [7, 11) is 0. The Kier molecular flexibility index (Phi) is 2.21. The Balaban J connectivity index is 2.19. The molecule has 2 nitrogen and oxygen atoms in total. The highest BCUT2D eigenvalue weighted by molar-refractivity contribution is 5.87. The lowest BCUT2D eigenvalue weighted by Gasteiger charge is -2.39. The summed E-state index contributed by atoms with van der Waals surface area (Å²) in [6, 6.07) is 0.344. The lowest BCUT2D eigenvalue weighted by molar-refractivity contribution is -0.118. The van der Waals surface area contributed by atoms with Crippen molar-refractivity contribution in [3.63, 3.8) is 0 Å². The van der Waals surface area contributed by atoms with E-state index in [4.69, 9.17) is 0 Å². The normalized spacial score (nSPS) is 41.5. The zero-order chi connectivity index (χ0) is 11.3. The molecule has 0 aromatic carbocycles. The summed E-state index contributed by atoms with van der Waals surface area (Å²) in [5, 5.41) is 3.10. The molecule has 1 amide bonds. The maximum Gasteiger partial charge on any atom is 0.243 e. The summed E-state index contributed by atoms with van der Waals surface area (Å²) in [4.78, 5) is 11.4. The van der Waals surface area contributed by atoms with Crippen LogP contribution in [0.25, 0.3) is 0 Å². The quantitative estimate of drug-likeness (QED) is 0.693. The molecule has 2 saturated carbocycles. The average Bonchev–Trinajstić information content (AvgIpc) is 2.50. The second kappa shape index (κ2) is 3.10. The fourth-order valence-electron chi connectivity index (χ4n) is 3.65. The fourth-order valence-corrected chi connectivity index (χ4v) is 3.65. The van der Waals surface area contributed by atoms with Crippen molar-refractivity contribution in [1.82, 2.24) is 5.32 Å². The van der Waals surface area contributed by atoms with E-state index in [0.29, 0.717) is 11.5 Å². The standard InChI is InChI=1S/C13H21NO/c1-5-11(15)14-10-8-9-6-7-13(10,4)12(9,2)3/h5,9-10H,1,6-8H2,2-4H3,(H,14,15)/t9-,10-,13+/m1/s1. The van der Waals surface area contributed by atoms with Gasteiger partial charge in [0.2, 0.25) is 5.91 Å². The number of carbonyl (C=O) groups excluding carboxylic acids is 1. The van der Waals surface area contributed by atoms with Crippen LogP contribution in [0, 0.1) is 16.7 Å². The Labute approximate surface area is 92.1 Å². The summed E-state index contributed by atoms with van der Waals surface area (Å²) in [5.74, 6) is 0.752. The van der Waals surface area contributed by atoms with Gasteiger partial charge in [0.1, 0.15) is 0 Å². The molecule has 1 N–H and O–H groups in total. The van der Waals surface area contributed by atoms with E-state index in [1.54, 1.807) is 0 Å². The predicted octanol–water partition coefficient (Wildman–Crippen LogP) is 2.50. The molecule has 0 radical (unpaired) electrons. The van der Waals surface area contributed by atoms with E-state index in [1.165, 1.54) is 18.9 Å². The molecular weight excluding hydrogens is 186 g/mol. The first-order chi connectivity index (χ1) is 6.91. The van der Waals surface area contributed by atoms with Gasteiger partial charge in [0, 0.05) is 6.04 Å². The minimum absolute atomic E-state index is 0.0235. The van der Waals surface area contributed by atoms with Gasteiger partial charge in [0.05, 0.1) is 0 Å². The van der Waals surface area contributed by atoms with Crippen LogP contribution in [-0.2, 0) is 4.79 Å². The van der Waals surface area contributed by atoms with E-state index >= 15 is 0 Å². The Morgan fingerprint density at radius 3 is 2.53 bits per heavy atom. The molecule has 2 aliphatic carbocycles. The minimum atomic E-state index is -0.0235. The molecule has 2 aliphatic rings. The molecule has 15 heavy (non-hydrogen) atoms. The Bertz CT molecular complexity index is 308. The van der Waals surface area contributed by atoms with Crippen LogP contribution in [0.1, 0.15) is 40.0 Å². The Hall–Kier alpha value is -0.790. The van der Waals surface area contributed by atoms with Gasteiger partial charge in [-0.05, 0) is 42.1 Å². The van der Waals surface area contributed by atoms with Crippen LogP contribution in [0.3, 0.4) is 0 Å². The van der Waals surface area contributed by atoms with Crippen molar-refractivity contribution in [3.8, 4) is 0 Å². The molecule has 0 aromatic rings. The van der Waals surface area contributed by atoms with Crippen LogP contribution in [0.4, 0.5) is 0 Å². The molecule has 2 fully saturated rings. The molecule has 0 aliphatic heterocycles. The fraction of sp³-hybridized carbons (Fsp3) is 0.769. The average molecular weight is 207 g/mol. The van der Waals surface area contributed by atoms with Crippen molar-refractivity contribution in [2.45, 2.75) is 46.1 Å². The number of carbonyl (C=O) groups is 1. The number of nitrogens with one attached hydrogen (secondary N) is 1. The lowest BCUT2D eigenvalue weighted by atomic mass is 9.69. The lowest BCUT2D eigenvalue weighted by Crippen LogP contribution is -2.46. The van der Waals surface area contributed by atoms with Crippen molar-refractivity contribution in [2.24, 2.45) is 16.7 Å². The topological polar surface area (TPSA) is 29.1 Å². The highest BCUT2D eigenvalue weighted by Gasteiger charge is 2.61. The maximum atomic E-state index is 11.4. The van der Waals surface area contributed by atoms with Crippen LogP contribution < -0.4 is 5.32 Å². The number of hydrogen-bond acceptors (Lipinski definition) is 1. The van der Waals surface area contributed by atoms with Gasteiger partial charge in [-0.3, -0.25) is 4.79 Å². The summed E-state index contributed by atoms with van der Waals surface area (Å²) in [6.45, 7) is 10.5. The number of fused-ring (bicyclic) bond motifs is 2. The molecule has 0 spiro atoms. The molecule has 0 saturated heterocycles. The van der Waals surface area contributed by atoms with Gasteiger partial charge in [-0.25, -0.2) is 0 Å². The van der Waals surface area contributed by atoms with Crippen molar-refractivity contribution in [1.29, 1.82) is 0 Å². The van der Waals surface area contributed by atoms with E-state index in [2.05, 4.69) is 32.7 Å². The monoisotopic (exact) mass is 207 g/mol. The van der Waals surface area contributed by atoms with Gasteiger partial charge >= 0.3 is 0 Å². The van der Waals surface area contributed by atoms with Gasteiger partial charge in [-0.1, -0.05) is 27.4 Å². The first kappa shape index (κ1) is 10.7. The van der Waals surface area contributed by atoms with Crippen molar-refractivity contribution >= 4 is 5.91 Å². The van der Waals surface area contributed by atoms with Crippen molar-refractivity contribution < 1.29 is 4.79 Å². The van der Waals surface area contributed by atoms with Gasteiger partial charge in [-0.2, -0.15) is 0 Å². The van der Waals surface area contributed by atoms with Gasteiger partial charge in [0.25, 0.3) is 0 Å². The van der Waals surface area contributed by atoms with E-state index in [9.17, 15) is 4.79 Å². The molecule has 0 aromatic heterocycles. The van der Waals surface area contributed by atoms with Crippen molar-refractivity contribution in [2.75, 3.05) is 0 Å². The van der Waals surface area contributed by atoms with Crippen LogP contribution >= 0.6 is 0 Å². The van der Waals surface area contributed by atoms with Gasteiger partial charge < -0.3 is 5.32 Å². The summed E-state index contributed by atoms with van der Waals surface area (Å²) < 4.78 is 0. The van der Waals surface area contributed by atoms with E-state index < -0.39 is 0 Å². The third-order valence-electron chi connectivity index (χ3n) is 5.30. The number of hydrogen-bond donors (Lipinski definition) is 1. The molecule has 3 atom stereocenters. The number of rotatable bonds is 2. The van der Waals surface area contributed by atoms with Gasteiger partial charge in [-0.15, -0.1) is 0 Å². The van der Waals surface area contributed by atoms with Crippen LogP contribution in [0.2, 0.25) is 0 Å². The minimum Gasteiger partial charge on any atom is -0.349 e. The summed E-state index contributed by atoms with van der Waals surface area (Å²) in [6.07, 6.45) is 5.09. The smallest absolute Gasteiger partial charge is 0.243 e. The summed E-state index contributed by atoms with van der Waals surface area (Å²) >= 11 is 0. The second-order valence-electron chi connectivity index (χ2n) is 5.88.